The number of carbonyl (C=O) groups excluding carboxylic acids is 1. The smallest absolute Gasteiger partial charge is 0.331 e. The third-order valence-corrected chi connectivity index (χ3v) is 3.94. The highest BCUT2D eigenvalue weighted by Gasteiger charge is 2.13. The molecule has 0 aliphatic carbocycles. The molecule has 25 heavy (non-hydrogen) atoms. The van der Waals surface area contributed by atoms with Gasteiger partial charge in [-0.15, -0.1) is 10.2 Å². The van der Waals surface area contributed by atoms with Gasteiger partial charge < -0.3 is 13.6 Å². The van der Waals surface area contributed by atoms with Crippen LogP contribution in [0.2, 0.25) is 10.0 Å². The molecule has 0 bridgehead atoms. The second-order valence-corrected chi connectivity index (χ2v) is 6.34. The van der Waals surface area contributed by atoms with Crippen molar-refractivity contribution >= 4 is 51.2 Å². The lowest BCUT2D eigenvalue weighted by atomic mass is 10.2. The number of hydrogen-bond acceptors (Lipinski definition) is 6. The van der Waals surface area contributed by atoms with Gasteiger partial charge in [0, 0.05) is 16.1 Å². The van der Waals surface area contributed by atoms with E-state index in [1.807, 2.05) is 0 Å². The Morgan fingerprint density at radius 1 is 1.20 bits per heavy atom. The molecule has 2 heterocycles. The van der Waals surface area contributed by atoms with Gasteiger partial charge in [-0.3, -0.25) is 0 Å². The van der Waals surface area contributed by atoms with Crippen LogP contribution in [0.1, 0.15) is 11.5 Å². The maximum atomic E-state index is 11.8. The van der Waals surface area contributed by atoms with Gasteiger partial charge in [0.15, 0.2) is 17.0 Å². The molecule has 0 aliphatic heterocycles. The van der Waals surface area contributed by atoms with Crippen LogP contribution in [-0.4, -0.2) is 16.2 Å². The van der Waals surface area contributed by atoms with E-state index in [1.54, 1.807) is 30.3 Å². The minimum absolute atomic E-state index is 0.147. The molecular weight excluding hydrogens is 435 g/mol. The van der Waals surface area contributed by atoms with Gasteiger partial charge in [-0.05, 0) is 51.8 Å². The molecule has 0 atom stereocenters. The predicted octanol–water partition coefficient (Wildman–Crippen LogP) is 5.16. The average molecular weight is 444 g/mol. The zero-order chi connectivity index (χ0) is 17.8. The van der Waals surface area contributed by atoms with E-state index in [1.165, 1.54) is 12.2 Å². The normalized spacial score (nSPS) is 11.2. The third-order valence-electron chi connectivity index (χ3n) is 2.95. The van der Waals surface area contributed by atoms with Gasteiger partial charge in [0.05, 0.1) is 0 Å². The van der Waals surface area contributed by atoms with Crippen LogP contribution >= 0.6 is 39.1 Å². The van der Waals surface area contributed by atoms with Gasteiger partial charge in [0.1, 0.15) is 0 Å². The van der Waals surface area contributed by atoms with Crippen molar-refractivity contribution in [1.82, 2.24) is 10.2 Å². The summed E-state index contributed by atoms with van der Waals surface area (Å²) < 4.78 is 16.2. The lowest BCUT2D eigenvalue weighted by molar-refractivity contribution is -0.139. The maximum Gasteiger partial charge on any atom is 0.331 e. The predicted molar refractivity (Wildman–Crippen MR) is 95.0 cm³/mol. The molecule has 128 valence electrons. The fourth-order valence-corrected chi connectivity index (χ4v) is 2.59. The third kappa shape index (κ3) is 4.72. The van der Waals surface area contributed by atoms with Crippen molar-refractivity contribution in [1.29, 1.82) is 0 Å². The van der Waals surface area contributed by atoms with E-state index in [9.17, 15) is 4.79 Å². The molecule has 0 aliphatic rings. The Kier molecular flexibility index (Phi) is 5.57. The number of rotatable bonds is 5. The molecule has 3 rings (SSSR count). The molecule has 2 aromatic heterocycles. The molecule has 0 fully saturated rings. The summed E-state index contributed by atoms with van der Waals surface area (Å²) in [6.07, 6.45) is 2.77. The summed E-state index contributed by atoms with van der Waals surface area (Å²) >= 11 is 15.0. The quantitative estimate of drug-likeness (QED) is 0.400. The first-order chi connectivity index (χ1) is 12.0. The van der Waals surface area contributed by atoms with Crippen LogP contribution in [-0.2, 0) is 16.1 Å². The van der Waals surface area contributed by atoms with Crippen molar-refractivity contribution in [3.05, 3.63) is 62.6 Å². The number of ether oxygens (including phenoxy) is 1. The molecule has 0 N–H and O–H groups in total. The van der Waals surface area contributed by atoms with Gasteiger partial charge in [-0.1, -0.05) is 29.3 Å². The highest BCUT2D eigenvalue weighted by Crippen LogP contribution is 2.24. The van der Waals surface area contributed by atoms with Crippen LogP contribution in [0.15, 0.2) is 49.9 Å². The van der Waals surface area contributed by atoms with Gasteiger partial charge in [-0.2, -0.15) is 0 Å². The molecule has 0 unspecified atom stereocenters. The van der Waals surface area contributed by atoms with Crippen molar-refractivity contribution in [2.24, 2.45) is 0 Å². The van der Waals surface area contributed by atoms with E-state index in [0.29, 0.717) is 26.0 Å². The minimum atomic E-state index is -0.577. The van der Waals surface area contributed by atoms with Crippen LogP contribution in [0.25, 0.3) is 17.7 Å². The number of carbonyl (C=O) groups is 1. The number of nitrogens with zero attached hydrogens (tertiary/aromatic N) is 2. The monoisotopic (exact) mass is 442 g/mol. The lowest BCUT2D eigenvalue weighted by Crippen LogP contribution is -2.00. The zero-order valence-corrected chi connectivity index (χ0v) is 15.5. The van der Waals surface area contributed by atoms with Crippen LogP contribution in [0.5, 0.6) is 0 Å². The first kappa shape index (κ1) is 17.7. The van der Waals surface area contributed by atoms with E-state index in [0.717, 1.165) is 0 Å². The van der Waals surface area contributed by atoms with Crippen molar-refractivity contribution in [2.45, 2.75) is 6.61 Å². The molecular formula is C16H9BrCl2N2O4. The Morgan fingerprint density at radius 2 is 2.04 bits per heavy atom. The van der Waals surface area contributed by atoms with Gasteiger partial charge in [0.2, 0.25) is 0 Å². The van der Waals surface area contributed by atoms with Crippen LogP contribution in [0.4, 0.5) is 0 Å². The summed E-state index contributed by atoms with van der Waals surface area (Å²) in [4.78, 5) is 11.8. The first-order valence-electron chi connectivity index (χ1n) is 6.89. The Balaban J connectivity index is 1.57. The van der Waals surface area contributed by atoms with Crippen molar-refractivity contribution in [3.63, 3.8) is 0 Å². The first-order valence-corrected chi connectivity index (χ1v) is 8.44. The molecule has 3 aromatic rings. The van der Waals surface area contributed by atoms with Gasteiger partial charge >= 0.3 is 5.97 Å². The number of halogens is 3. The molecule has 1 aromatic carbocycles. The van der Waals surface area contributed by atoms with Crippen molar-refractivity contribution in [3.8, 4) is 11.7 Å². The molecule has 9 heteroatoms. The number of hydrogen-bond donors (Lipinski definition) is 0. The van der Waals surface area contributed by atoms with Gasteiger partial charge in [0.25, 0.3) is 11.8 Å². The number of furan rings is 1. The Hall–Kier alpha value is -2.09. The Morgan fingerprint density at radius 3 is 2.76 bits per heavy atom. The van der Waals surface area contributed by atoms with Crippen molar-refractivity contribution in [2.75, 3.05) is 0 Å². The molecule has 0 amide bonds. The van der Waals surface area contributed by atoms with Crippen LogP contribution in [0, 0.1) is 0 Å². The van der Waals surface area contributed by atoms with Crippen LogP contribution < -0.4 is 0 Å². The molecule has 0 radical (unpaired) electrons. The van der Waals surface area contributed by atoms with E-state index in [-0.39, 0.29) is 18.4 Å². The number of aromatic nitrogens is 2. The highest BCUT2D eigenvalue weighted by molar-refractivity contribution is 9.10. The fourth-order valence-electron chi connectivity index (χ4n) is 1.82. The van der Waals surface area contributed by atoms with E-state index >= 15 is 0 Å². The van der Waals surface area contributed by atoms with E-state index < -0.39 is 5.97 Å². The zero-order valence-electron chi connectivity index (χ0n) is 12.4. The lowest BCUT2D eigenvalue weighted by Gasteiger charge is -1.99. The maximum absolute atomic E-state index is 11.8. The van der Waals surface area contributed by atoms with Crippen molar-refractivity contribution < 1.29 is 18.4 Å². The van der Waals surface area contributed by atoms with E-state index in [2.05, 4.69) is 26.1 Å². The van der Waals surface area contributed by atoms with Crippen LogP contribution in [0.3, 0.4) is 0 Å². The number of esters is 1. The summed E-state index contributed by atoms with van der Waals surface area (Å²) in [5.41, 5.74) is 0.645. The molecule has 6 nitrogen and oxygen atoms in total. The SMILES string of the molecule is O=C(/C=C/c1ccc(Cl)cc1Cl)OCc1nnc(-c2ccc(Br)o2)o1. The Bertz CT molecular complexity index is 936. The molecule has 0 saturated carbocycles. The molecule has 0 saturated heterocycles. The topological polar surface area (TPSA) is 78.4 Å². The summed E-state index contributed by atoms with van der Waals surface area (Å²) in [5.74, 6) is 0.176. The highest BCUT2D eigenvalue weighted by atomic mass is 79.9. The summed E-state index contributed by atoms with van der Waals surface area (Å²) in [6, 6.07) is 8.32. The second kappa shape index (κ2) is 7.86. The second-order valence-electron chi connectivity index (χ2n) is 4.71. The summed E-state index contributed by atoms with van der Waals surface area (Å²) in [5, 5.41) is 8.55. The average Bonchev–Trinajstić information content (AvgIpc) is 3.21. The standard InChI is InChI=1S/C16H9BrCl2N2O4/c17-13-5-4-12(24-13)16-21-20-14(25-16)8-23-15(22)6-2-9-1-3-10(18)7-11(9)19/h1-7H,8H2/b6-2+. The summed E-state index contributed by atoms with van der Waals surface area (Å²) in [7, 11) is 0. The Labute approximate surface area is 160 Å². The largest absolute Gasteiger partial charge is 0.452 e. The summed E-state index contributed by atoms with van der Waals surface area (Å²) in [6.45, 7) is -0.160. The van der Waals surface area contributed by atoms with Gasteiger partial charge in [-0.25, -0.2) is 4.79 Å². The number of benzene rings is 1. The fraction of sp³-hybridized carbons (Fsp3) is 0.0625. The van der Waals surface area contributed by atoms with E-state index in [4.69, 9.17) is 36.8 Å². The minimum Gasteiger partial charge on any atom is -0.452 e. The molecule has 0 spiro atoms.